The van der Waals surface area contributed by atoms with Crippen molar-refractivity contribution in [3.8, 4) is 0 Å². The third-order valence-corrected chi connectivity index (χ3v) is 7.12. The first-order valence-electron chi connectivity index (χ1n) is 10.6. The second-order valence-corrected chi connectivity index (χ2v) is 10.9. The van der Waals surface area contributed by atoms with E-state index in [0.717, 1.165) is 5.56 Å². The van der Waals surface area contributed by atoms with Crippen LogP contribution in [0.15, 0.2) is 36.5 Å². The zero-order valence-corrected chi connectivity index (χ0v) is 20.1. The number of nitrogens with zero attached hydrogens (tertiary/aromatic N) is 3. The SMILES string of the molecule is CC(C)CN(C(=O)COC(=O)c1nc(NCc2ccccc2)ncc1Cl)[C@H]1CCS(=O)(=O)C1. The van der Waals surface area contributed by atoms with Gasteiger partial charge in [0.15, 0.2) is 22.1 Å². The number of rotatable bonds is 9. The fourth-order valence-electron chi connectivity index (χ4n) is 3.52. The Kier molecular flexibility index (Phi) is 8.25. The molecule has 33 heavy (non-hydrogen) atoms. The van der Waals surface area contributed by atoms with Crippen LogP contribution >= 0.6 is 11.6 Å². The number of hydrogen-bond donors (Lipinski definition) is 1. The maximum absolute atomic E-state index is 12.8. The van der Waals surface area contributed by atoms with Gasteiger partial charge in [0.2, 0.25) is 5.95 Å². The molecule has 1 aromatic carbocycles. The Morgan fingerprint density at radius 1 is 1.27 bits per heavy atom. The number of benzene rings is 1. The van der Waals surface area contributed by atoms with Crippen molar-refractivity contribution in [3.05, 3.63) is 52.8 Å². The van der Waals surface area contributed by atoms with Gasteiger partial charge in [-0.05, 0) is 17.9 Å². The molecule has 11 heteroatoms. The first-order valence-corrected chi connectivity index (χ1v) is 12.8. The average molecular weight is 495 g/mol. The monoisotopic (exact) mass is 494 g/mol. The van der Waals surface area contributed by atoms with Gasteiger partial charge in [0.05, 0.1) is 22.7 Å². The first-order chi connectivity index (χ1) is 15.6. The van der Waals surface area contributed by atoms with Crippen molar-refractivity contribution in [2.45, 2.75) is 32.9 Å². The van der Waals surface area contributed by atoms with E-state index in [0.29, 0.717) is 19.5 Å². The molecule has 0 radical (unpaired) electrons. The molecule has 2 heterocycles. The molecule has 1 fully saturated rings. The summed E-state index contributed by atoms with van der Waals surface area (Å²) in [6.07, 6.45) is 1.66. The van der Waals surface area contributed by atoms with E-state index in [-0.39, 0.29) is 34.1 Å². The van der Waals surface area contributed by atoms with Crippen LogP contribution in [0.3, 0.4) is 0 Å². The summed E-state index contributed by atoms with van der Waals surface area (Å²) in [6, 6.07) is 9.17. The summed E-state index contributed by atoms with van der Waals surface area (Å²) in [6.45, 7) is 4.15. The highest BCUT2D eigenvalue weighted by Gasteiger charge is 2.35. The maximum Gasteiger partial charge on any atom is 0.359 e. The van der Waals surface area contributed by atoms with Gasteiger partial charge >= 0.3 is 5.97 Å². The summed E-state index contributed by atoms with van der Waals surface area (Å²) < 4.78 is 28.9. The minimum absolute atomic E-state index is 0.00127. The number of anilines is 1. The minimum atomic E-state index is -3.16. The van der Waals surface area contributed by atoms with Crippen LogP contribution in [0.5, 0.6) is 0 Å². The molecule has 1 amide bonds. The van der Waals surface area contributed by atoms with E-state index in [1.165, 1.54) is 11.1 Å². The van der Waals surface area contributed by atoms with Gasteiger partial charge in [-0.3, -0.25) is 4.79 Å². The number of carbonyl (C=O) groups excluding carboxylic acids is 2. The molecule has 1 aliphatic heterocycles. The largest absolute Gasteiger partial charge is 0.451 e. The van der Waals surface area contributed by atoms with Crippen molar-refractivity contribution in [1.82, 2.24) is 14.9 Å². The quantitative estimate of drug-likeness (QED) is 0.528. The average Bonchev–Trinajstić information content (AvgIpc) is 3.15. The van der Waals surface area contributed by atoms with Crippen molar-refractivity contribution < 1.29 is 22.7 Å². The molecular formula is C22H27ClN4O5S. The van der Waals surface area contributed by atoms with E-state index < -0.39 is 34.4 Å². The Bertz CT molecular complexity index is 1100. The van der Waals surface area contributed by atoms with Crippen LogP contribution in [0.2, 0.25) is 5.02 Å². The topological polar surface area (TPSA) is 119 Å². The Labute approximate surface area is 198 Å². The highest BCUT2D eigenvalue weighted by atomic mass is 35.5. The van der Waals surface area contributed by atoms with E-state index in [1.54, 1.807) is 0 Å². The third kappa shape index (κ3) is 7.13. The Hall–Kier alpha value is -2.72. The van der Waals surface area contributed by atoms with Gasteiger partial charge in [-0.15, -0.1) is 0 Å². The minimum Gasteiger partial charge on any atom is -0.451 e. The zero-order chi connectivity index (χ0) is 24.0. The maximum atomic E-state index is 12.8. The smallest absolute Gasteiger partial charge is 0.359 e. The lowest BCUT2D eigenvalue weighted by Crippen LogP contribution is -2.45. The molecule has 1 aromatic heterocycles. The zero-order valence-electron chi connectivity index (χ0n) is 18.5. The lowest BCUT2D eigenvalue weighted by Gasteiger charge is -2.29. The molecule has 0 saturated carbocycles. The van der Waals surface area contributed by atoms with Crippen LogP contribution < -0.4 is 5.32 Å². The van der Waals surface area contributed by atoms with Crippen LogP contribution in [0.1, 0.15) is 36.3 Å². The first kappa shape index (κ1) is 24.9. The van der Waals surface area contributed by atoms with Crippen LogP contribution in [-0.2, 0) is 25.9 Å². The normalized spacial score (nSPS) is 17.0. The van der Waals surface area contributed by atoms with Crippen LogP contribution in [0, 0.1) is 5.92 Å². The Morgan fingerprint density at radius 2 is 2.00 bits per heavy atom. The molecule has 1 saturated heterocycles. The van der Waals surface area contributed by atoms with Gasteiger partial charge in [0, 0.05) is 19.1 Å². The van der Waals surface area contributed by atoms with Crippen molar-refractivity contribution >= 4 is 39.3 Å². The van der Waals surface area contributed by atoms with Crippen LogP contribution in [-0.4, -0.2) is 65.9 Å². The lowest BCUT2D eigenvalue weighted by molar-refractivity contribution is -0.137. The number of carbonyl (C=O) groups is 2. The van der Waals surface area contributed by atoms with E-state index >= 15 is 0 Å². The summed E-state index contributed by atoms with van der Waals surface area (Å²) in [5, 5.41) is 3.01. The molecular weight excluding hydrogens is 468 g/mol. The number of amides is 1. The molecule has 0 unspecified atom stereocenters. The van der Waals surface area contributed by atoms with Gasteiger partial charge in [-0.1, -0.05) is 55.8 Å². The predicted molar refractivity (Wildman–Crippen MR) is 125 cm³/mol. The summed E-state index contributed by atoms with van der Waals surface area (Å²) >= 11 is 6.07. The second-order valence-electron chi connectivity index (χ2n) is 8.30. The standard InChI is InChI=1S/C22H27ClN4O5S/c1-15(2)12-27(17-8-9-33(30,31)14-17)19(28)13-32-21(29)20-18(23)11-25-22(26-20)24-10-16-6-4-3-5-7-16/h3-7,11,15,17H,8-10,12-14H2,1-2H3,(H,24,25,26)/t17-/m0/s1. The second kappa shape index (κ2) is 10.9. The lowest BCUT2D eigenvalue weighted by atomic mass is 10.1. The fraction of sp³-hybridized carbons (Fsp3) is 0.455. The summed E-state index contributed by atoms with van der Waals surface area (Å²) in [4.78, 5) is 35.1. The summed E-state index contributed by atoms with van der Waals surface area (Å²) in [5.74, 6) is -1.02. The molecule has 0 bridgehead atoms. The summed E-state index contributed by atoms with van der Waals surface area (Å²) in [7, 11) is -3.16. The number of ether oxygens (including phenoxy) is 1. The number of nitrogens with one attached hydrogen (secondary N) is 1. The fourth-order valence-corrected chi connectivity index (χ4v) is 5.42. The van der Waals surface area contributed by atoms with E-state index in [1.807, 2.05) is 44.2 Å². The number of sulfone groups is 1. The third-order valence-electron chi connectivity index (χ3n) is 5.09. The molecule has 1 aliphatic rings. The predicted octanol–water partition coefficient (Wildman–Crippen LogP) is 2.57. The van der Waals surface area contributed by atoms with Crippen molar-refractivity contribution in [1.29, 1.82) is 0 Å². The van der Waals surface area contributed by atoms with Gasteiger partial charge in [-0.25, -0.2) is 23.2 Å². The molecule has 3 rings (SSSR count). The summed E-state index contributed by atoms with van der Waals surface area (Å²) in [5.41, 5.74) is 0.846. The van der Waals surface area contributed by atoms with E-state index in [2.05, 4.69) is 15.3 Å². The molecule has 0 spiro atoms. The molecule has 2 aromatic rings. The number of hydrogen-bond acceptors (Lipinski definition) is 8. The van der Waals surface area contributed by atoms with Gasteiger partial charge in [-0.2, -0.15) is 0 Å². The van der Waals surface area contributed by atoms with E-state index in [9.17, 15) is 18.0 Å². The van der Waals surface area contributed by atoms with Crippen LogP contribution in [0.25, 0.3) is 0 Å². The molecule has 9 nitrogen and oxygen atoms in total. The highest BCUT2D eigenvalue weighted by molar-refractivity contribution is 7.91. The van der Waals surface area contributed by atoms with E-state index in [4.69, 9.17) is 16.3 Å². The van der Waals surface area contributed by atoms with Crippen molar-refractivity contribution in [3.63, 3.8) is 0 Å². The highest BCUT2D eigenvalue weighted by Crippen LogP contribution is 2.20. The van der Waals surface area contributed by atoms with Crippen molar-refractivity contribution in [2.75, 3.05) is 30.0 Å². The molecule has 178 valence electrons. The number of esters is 1. The number of aromatic nitrogens is 2. The van der Waals surface area contributed by atoms with Gasteiger partial charge < -0.3 is 15.0 Å². The molecule has 1 atom stereocenters. The number of halogens is 1. The Morgan fingerprint density at radius 3 is 2.64 bits per heavy atom. The van der Waals surface area contributed by atoms with Gasteiger partial charge in [0.25, 0.3) is 5.91 Å². The molecule has 1 N–H and O–H groups in total. The van der Waals surface area contributed by atoms with Crippen molar-refractivity contribution in [2.24, 2.45) is 5.92 Å². The Balaban J connectivity index is 1.63. The van der Waals surface area contributed by atoms with Crippen LogP contribution in [0.4, 0.5) is 5.95 Å². The van der Waals surface area contributed by atoms with Gasteiger partial charge in [0.1, 0.15) is 0 Å². The molecule has 0 aliphatic carbocycles.